The molecule has 142 valence electrons. The van der Waals surface area contributed by atoms with Crippen molar-refractivity contribution >= 4 is 11.5 Å². The zero-order valence-corrected chi connectivity index (χ0v) is 16.4. The van der Waals surface area contributed by atoms with Gasteiger partial charge in [-0.15, -0.1) is 0 Å². The second-order valence-corrected chi connectivity index (χ2v) is 7.25. The molecule has 1 aliphatic rings. The van der Waals surface area contributed by atoms with Gasteiger partial charge in [0.05, 0.1) is 24.1 Å². The van der Waals surface area contributed by atoms with Gasteiger partial charge in [0.2, 0.25) is 0 Å². The van der Waals surface area contributed by atoms with Crippen LogP contribution in [0.25, 0.3) is 5.65 Å². The van der Waals surface area contributed by atoms with Crippen molar-refractivity contribution in [3.8, 4) is 0 Å². The van der Waals surface area contributed by atoms with Crippen LogP contribution in [-0.4, -0.2) is 38.8 Å². The minimum atomic E-state index is 0.201. The highest BCUT2D eigenvalue weighted by Crippen LogP contribution is 2.25. The number of aryl methyl sites for hydroxylation is 3. The number of hydrogen-bond acceptors (Lipinski definition) is 5. The van der Waals surface area contributed by atoms with Gasteiger partial charge in [-0.1, -0.05) is 13.0 Å². The van der Waals surface area contributed by atoms with Gasteiger partial charge in [0, 0.05) is 36.6 Å². The van der Waals surface area contributed by atoms with Crippen LogP contribution in [0.1, 0.15) is 42.4 Å². The standard InChI is InChI=1S/C21H27N5O/c1-4-17-12-20(26-21(23-17)15(2)16(3)24-26)25-11-7-9-19(13-25)27-14-18-8-5-6-10-22-18/h5-6,8,10,12,19H,4,7,9,11,13-14H2,1-3H3. The molecule has 1 saturated heterocycles. The Morgan fingerprint density at radius 1 is 1.22 bits per heavy atom. The number of nitrogens with zero attached hydrogens (tertiary/aromatic N) is 5. The van der Waals surface area contributed by atoms with E-state index in [1.165, 1.54) is 0 Å². The number of piperidine rings is 1. The van der Waals surface area contributed by atoms with E-state index in [1.807, 2.05) is 35.8 Å². The van der Waals surface area contributed by atoms with Crippen molar-refractivity contribution < 1.29 is 4.74 Å². The van der Waals surface area contributed by atoms with Gasteiger partial charge in [-0.2, -0.15) is 9.61 Å². The van der Waals surface area contributed by atoms with E-state index in [2.05, 4.69) is 29.8 Å². The summed E-state index contributed by atoms with van der Waals surface area (Å²) < 4.78 is 8.17. The van der Waals surface area contributed by atoms with Gasteiger partial charge < -0.3 is 9.64 Å². The lowest BCUT2D eigenvalue weighted by Gasteiger charge is -2.34. The first-order chi connectivity index (χ1) is 13.2. The van der Waals surface area contributed by atoms with E-state index in [9.17, 15) is 0 Å². The van der Waals surface area contributed by atoms with E-state index in [4.69, 9.17) is 14.8 Å². The predicted octanol–water partition coefficient (Wildman–Crippen LogP) is 3.49. The van der Waals surface area contributed by atoms with E-state index in [0.717, 1.165) is 66.5 Å². The number of ether oxygens (including phenoxy) is 1. The zero-order valence-electron chi connectivity index (χ0n) is 16.4. The number of pyridine rings is 1. The second-order valence-electron chi connectivity index (χ2n) is 7.25. The minimum Gasteiger partial charge on any atom is -0.370 e. The highest BCUT2D eigenvalue weighted by atomic mass is 16.5. The summed E-state index contributed by atoms with van der Waals surface area (Å²) in [6.07, 6.45) is 5.12. The summed E-state index contributed by atoms with van der Waals surface area (Å²) in [4.78, 5) is 11.5. The van der Waals surface area contributed by atoms with Crippen LogP contribution < -0.4 is 4.90 Å². The fourth-order valence-electron chi connectivity index (χ4n) is 3.64. The molecular formula is C21H27N5O. The first kappa shape index (κ1) is 17.9. The average Bonchev–Trinajstić information content (AvgIpc) is 3.00. The summed E-state index contributed by atoms with van der Waals surface area (Å²) in [6, 6.07) is 8.12. The highest BCUT2D eigenvalue weighted by molar-refractivity contribution is 5.57. The van der Waals surface area contributed by atoms with Crippen molar-refractivity contribution in [2.45, 2.75) is 52.7 Å². The number of anilines is 1. The van der Waals surface area contributed by atoms with Crippen molar-refractivity contribution in [2.75, 3.05) is 18.0 Å². The van der Waals surface area contributed by atoms with E-state index in [-0.39, 0.29) is 6.10 Å². The van der Waals surface area contributed by atoms with E-state index in [1.54, 1.807) is 0 Å². The summed E-state index contributed by atoms with van der Waals surface area (Å²) in [5, 5.41) is 4.74. The maximum absolute atomic E-state index is 6.17. The Morgan fingerprint density at radius 2 is 2.11 bits per heavy atom. The van der Waals surface area contributed by atoms with Gasteiger partial charge in [0.15, 0.2) is 5.65 Å². The first-order valence-electron chi connectivity index (χ1n) is 9.78. The number of aromatic nitrogens is 4. The van der Waals surface area contributed by atoms with Crippen LogP contribution in [0, 0.1) is 13.8 Å². The third kappa shape index (κ3) is 3.67. The van der Waals surface area contributed by atoms with Crippen LogP contribution in [0.2, 0.25) is 0 Å². The third-order valence-corrected chi connectivity index (χ3v) is 5.35. The van der Waals surface area contributed by atoms with Crippen molar-refractivity contribution in [1.29, 1.82) is 0 Å². The number of rotatable bonds is 5. The first-order valence-corrected chi connectivity index (χ1v) is 9.78. The summed E-state index contributed by atoms with van der Waals surface area (Å²) >= 11 is 0. The fourth-order valence-corrected chi connectivity index (χ4v) is 3.64. The van der Waals surface area contributed by atoms with Gasteiger partial charge >= 0.3 is 0 Å². The maximum atomic E-state index is 6.17. The van der Waals surface area contributed by atoms with Crippen molar-refractivity contribution in [3.05, 3.63) is 53.1 Å². The summed E-state index contributed by atoms with van der Waals surface area (Å²) in [5.74, 6) is 1.12. The van der Waals surface area contributed by atoms with Gasteiger partial charge in [-0.05, 0) is 45.2 Å². The van der Waals surface area contributed by atoms with Gasteiger partial charge in [-0.3, -0.25) is 4.98 Å². The summed E-state index contributed by atoms with van der Waals surface area (Å²) in [6.45, 7) is 8.75. The smallest absolute Gasteiger partial charge is 0.160 e. The summed E-state index contributed by atoms with van der Waals surface area (Å²) in [7, 11) is 0. The lowest BCUT2D eigenvalue weighted by Crippen LogP contribution is -2.40. The molecule has 1 aliphatic heterocycles. The predicted molar refractivity (Wildman–Crippen MR) is 106 cm³/mol. The Hall–Kier alpha value is -2.47. The van der Waals surface area contributed by atoms with Crippen LogP contribution in [0.15, 0.2) is 30.5 Å². The molecule has 1 fully saturated rings. The Bertz CT molecular complexity index is 921. The molecule has 0 radical (unpaired) electrons. The van der Waals surface area contributed by atoms with E-state index >= 15 is 0 Å². The van der Waals surface area contributed by atoms with E-state index < -0.39 is 0 Å². The molecule has 0 aliphatic carbocycles. The monoisotopic (exact) mass is 365 g/mol. The molecular weight excluding hydrogens is 338 g/mol. The molecule has 1 atom stereocenters. The van der Waals surface area contributed by atoms with Crippen molar-refractivity contribution in [3.63, 3.8) is 0 Å². The molecule has 0 aromatic carbocycles. The Morgan fingerprint density at radius 3 is 2.89 bits per heavy atom. The van der Waals surface area contributed by atoms with Crippen LogP contribution in [0.3, 0.4) is 0 Å². The lowest BCUT2D eigenvalue weighted by atomic mass is 10.1. The van der Waals surface area contributed by atoms with Crippen molar-refractivity contribution in [2.24, 2.45) is 0 Å². The van der Waals surface area contributed by atoms with Gasteiger partial charge in [0.25, 0.3) is 0 Å². The van der Waals surface area contributed by atoms with Crippen LogP contribution in [-0.2, 0) is 17.8 Å². The number of fused-ring (bicyclic) bond motifs is 1. The lowest BCUT2D eigenvalue weighted by molar-refractivity contribution is 0.0296. The largest absolute Gasteiger partial charge is 0.370 e. The molecule has 0 bridgehead atoms. The highest BCUT2D eigenvalue weighted by Gasteiger charge is 2.24. The van der Waals surface area contributed by atoms with E-state index in [0.29, 0.717) is 6.61 Å². The maximum Gasteiger partial charge on any atom is 0.160 e. The molecule has 27 heavy (non-hydrogen) atoms. The third-order valence-electron chi connectivity index (χ3n) is 5.35. The quantitative estimate of drug-likeness (QED) is 0.693. The fraction of sp³-hybridized carbons (Fsp3) is 0.476. The normalized spacial score (nSPS) is 17.6. The van der Waals surface area contributed by atoms with Gasteiger partial charge in [0.1, 0.15) is 5.82 Å². The molecule has 6 heteroatoms. The Labute approximate surface area is 160 Å². The average molecular weight is 365 g/mol. The molecule has 0 amide bonds. The molecule has 1 unspecified atom stereocenters. The molecule has 0 N–H and O–H groups in total. The van der Waals surface area contributed by atoms with Gasteiger partial charge in [-0.25, -0.2) is 4.98 Å². The zero-order chi connectivity index (χ0) is 18.8. The minimum absolute atomic E-state index is 0.201. The van der Waals surface area contributed by atoms with Crippen LogP contribution in [0.4, 0.5) is 5.82 Å². The molecule has 4 heterocycles. The molecule has 6 nitrogen and oxygen atoms in total. The van der Waals surface area contributed by atoms with Crippen LogP contribution in [0.5, 0.6) is 0 Å². The second kappa shape index (κ2) is 7.64. The molecule has 3 aromatic rings. The van der Waals surface area contributed by atoms with Crippen molar-refractivity contribution in [1.82, 2.24) is 19.6 Å². The Balaban J connectivity index is 1.56. The number of hydrogen-bond donors (Lipinski definition) is 0. The Kier molecular flexibility index (Phi) is 5.07. The topological polar surface area (TPSA) is 55.5 Å². The molecule has 0 saturated carbocycles. The molecule has 4 rings (SSSR count). The summed E-state index contributed by atoms with van der Waals surface area (Å²) in [5.41, 5.74) is 5.26. The molecule has 0 spiro atoms. The molecule has 3 aromatic heterocycles. The SMILES string of the molecule is CCc1cc(N2CCCC(OCc3ccccn3)C2)n2nc(C)c(C)c2n1. The van der Waals surface area contributed by atoms with Crippen LogP contribution >= 0.6 is 0 Å².